The number of nitrogens with zero attached hydrogens (tertiary/aromatic N) is 3. The molecule has 0 bridgehead atoms. The smallest absolute Gasteiger partial charge is 0.277 e. The van der Waals surface area contributed by atoms with E-state index in [0.717, 1.165) is 23.8 Å². The minimum absolute atomic E-state index is 0.269. The third kappa shape index (κ3) is 6.74. The maximum atomic E-state index is 12.3. The summed E-state index contributed by atoms with van der Waals surface area (Å²) < 4.78 is 11.8. The van der Waals surface area contributed by atoms with E-state index in [4.69, 9.17) is 21.1 Å². The maximum absolute atomic E-state index is 12.3. The van der Waals surface area contributed by atoms with E-state index in [-0.39, 0.29) is 12.2 Å². The predicted octanol–water partition coefficient (Wildman–Crippen LogP) is 5.27. The largest absolute Gasteiger partial charge is 0.493 e. The number of nitrogens with one attached hydrogen (secondary N) is 1. The standard InChI is InChI=1S/C22H16BrClN4O7/c1-34-20-7-14(6-19(23)21(20)35-12-13-2-4-16(24)5-3-13)11-25-26-22(29)15-8-17(27(30)31)10-18(9-15)28(32)33/h2-11H,12H2,1H3,(H,26,29)/b25-11-. The van der Waals surface area contributed by atoms with Crippen LogP contribution in [0, 0.1) is 20.2 Å². The summed E-state index contributed by atoms with van der Waals surface area (Å²) in [5.74, 6) is -0.00929. The molecule has 13 heteroatoms. The molecular weight excluding hydrogens is 548 g/mol. The second-order valence-corrected chi connectivity index (χ2v) is 8.19. The molecular formula is C22H16BrClN4O7. The van der Waals surface area contributed by atoms with Crippen LogP contribution in [-0.2, 0) is 6.61 Å². The van der Waals surface area contributed by atoms with E-state index in [2.05, 4.69) is 26.5 Å². The number of nitro groups is 2. The Morgan fingerprint density at radius 1 is 1.09 bits per heavy atom. The number of benzene rings is 3. The van der Waals surface area contributed by atoms with Crippen LogP contribution >= 0.6 is 27.5 Å². The first-order valence-electron chi connectivity index (χ1n) is 9.70. The van der Waals surface area contributed by atoms with Crippen LogP contribution in [0.25, 0.3) is 0 Å². The molecule has 0 aliphatic heterocycles. The normalized spacial score (nSPS) is 10.7. The van der Waals surface area contributed by atoms with E-state index in [1.54, 1.807) is 24.3 Å². The van der Waals surface area contributed by atoms with Gasteiger partial charge in [-0.1, -0.05) is 23.7 Å². The van der Waals surface area contributed by atoms with Crippen LogP contribution in [0.1, 0.15) is 21.5 Å². The molecule has 0 saturated heterocycles. The second-order valence-electron chi connectivity index (χ2n) is 6.90. The third-order valence-electron chi connectivity index (χ3n) is 4.51. The number of hydrogen-bond acceptors (Lipinski definition) is 8. The van der Waals surface area contributed by atoms with Gasteiger partial charge in [-0.25, -0.2) is 5.43 Å². The van der Waals surface area contributed by atoms with Crippen LogP contribution in [0.4, 0.5) is 11.4 Å². The fraction of sp³-hybridized carbons (Fsp3) is 0.0909. The first-order valence-corrected chi connectivity index (χ1v) is 10.9. The Labute approximate surface area is 211 Å². The Balaban J connectivity index is 1.74. The summed E-state index contributed by atoms with van der Waals surface area (Å²) in [7, 11) is 1.47. The molecule has 0 unspecified atom stereocenters. The SMILES string of the molecule is COc1cc(/C=N\NC(=O)c2cc([N+](=O)[O-])cc([N+](=O)[O-])c2)cc(Br)c1OCc1ccc(Cl)cc1. The molecule has 0 radical (unpaired) electrons. The van der Waals surface area contributed by atoms with Crippen molar-refractivity contribution >= 4 is 51.0 Å². The number of nitro benzene ring substituents is 2. The van der Waals surface area contributed by atoms with Crippen molar-refractivity contribution in [1.82, 2.24) is 5.43 Å². The van der Waals surface area contributed by atoms with Gasteiger partial charge in [-0.2, -0.15) is 5.10 Å². The number of hydrazone groups is 1. The van der Waals surface area contributed by atoms with Crippen molar-refractivity contribution in [2.45, 2.75) is 6.61 Å². The lowest BCUT2D eigenvalue weighted by Crippen LogP contribution is -2.18. The topological polar surface area (TPSA) is 146 Å². The molecule has 3 aromatic rings. The zero-order chi connectivity index (χ0) is 25.5. The highest BCUT2D eigenvalue weighted by molar-refractivity contribution is 9.10. The van der Waals surface area contributed by atoms with E-state index in [9.17, 15) is 25.0 Å². The lowest BCUT2D eigenvalue weighted by Gasteiger charge is -2.13. The highest BCUT2D eigenvalue weighted by Gasteiger charge is 2.19. The van der Waals surface area contributed by atoms with Gasteiger partial charge in [0.15, 0.2) is 11.5 Å². The quantitative estimate of drug-likeness (QED) is 0.212. The van der Waals surface area contributed by atoms with Gasteiger partial charge in [-0.3, -0.25) is 25.0 Å². The summed E-state index contributed by atoms with van der Waals surface area (Å²) in [4.78, 5) is 32.7. The maximum Gasteiger partial charge on any atom is 0.277 e. The van der Waals surface area contributed by atoms with Crippen LogP contribution in [-0.4, -0.2) is 29.1 Å². The molecule has 0 aromatic heterocycles. The van der Waals surface area contributed by atoms with E-state index >= 15 is 0 Å². The van der Waals surface area contributed by atoms with Crippen molar-refractivity contribution in [2.75, 3.05) is 7.11 Å². The van der Waals surface area contributed by atoms with Crippen molar-refractivity contribution in [3.8, 4) is 11.5 Å². The van der Waals surface area contributed by atoms with Gasteiger partial charge in [-0.05, 0) is 51.3 Å². The number of halogens is 2. The summed E-state index contributed by atoms with van der Waals surface area (Å²) in [6, 6.07) is 13.1. The van der Waals surface area contributed by atoms with Gasteiger partial charge in [0.2, 0.25) is 0 Å². The molecule has 11 nitrogen and oxygen atoms in total. The molecule has 35 heavy (non-hydrogen) atoms. The number of hydrogen-bond donors (Lipinski definition) is 1. The highest BCUT2D eigenvalue weighted by Crippen LogP contribution is 2.37. The van der Waals surface area contributed by atoms with Gasteiger partial charge in [0.05, 0.1) is 39.3 Å². The van der Waals surface area contributed by atoms with Crippen LogP contribution in [0.3, 0.4) is 0 Å². The molecule has 0 saturated carbocycles. The van der Waals surface area contributed by atoms with Crippen LogP contribution in [0.2, 0.25) is 5.02 Å². The number of ether oxygens (including phenoxy) is 2. The van der Waals surface area contributed by atoms with Gasteiger partial charge < -0.3 is 9.47 Å². The van der Waals surface area contributed by atoms with Crippen LogP contribution in [0.5, 0.6) is 11.5 Å². The third-order valence-corrected chi connectivity index (χ3v) is 5.36. The fourth-order valence-electron chi connectivity index (χ4n) is 2.86. The van der Waals surface area contributed by atoms with E-state index < -0.39 is 27.1 Å². The van der Waals surface area contributed by atoms with Crippen molar-refractivity contribution < 1.29 is 24.1 Å². The highest BCUT2D eigenvalue weighted by atomic mass is 79.9. The lowest BCUT2D eigenvalue weighted by molar-refractivity contribution is -0.394. The second kappa shape index (κ2) is 11.4. The Kier molecular flexibility index (Phi) is 8.34. The number of amides is 1. The fourth-order valence-corrected chi connectivity index (χ4v) is 3.56. The van der Waals surface area contributed by atoms with E-state index in [1.165, 1.54) is 13.3 Å². The Bertz CT molecular complexity index is 1280. The Hall–Kier alpha value is -4.03. The molecule has 1 amide bonds. The average molecular weight is 564 g/mol. The summed E-state index contributed by atoms with van der Waals surface area (Å²) >= 11 is 9.31. The van der Waals surface area contributed by atoms with Gasteiger partial charge in [-0.15, -0.1) is 0 Å². The Morgan fingerprint density at radius 2 is 1.71 bits per heavy atom. The zero-order valence-corrected chi connectivity index (χ0v) is 20.3. The molecule has 3 aromatic carbocycles. The molecule has 180 valence electrons. The number of methoxy groups -OCH3 is 1. The first kappa shape index (κ1) is 25.6. The van der Waals surface area contributed by atoms with E-state index in [1.807, 2.05) is 12.1 Å². The monoisotopic (exact) mass is 562 g/mol. The van der Waals surface area contributed by atoms with Gasteiger partial charge in [0.1, 0.15) is 6.61 Å². The molecule has 0 aliphatic rings. The van der Waals surface area contributed by atoms with Crippen molar-refractivity contribution in [2.24, 2.45) is 5.10 Å². The molecule has 0 spiro atoms. The van der Waals surface area contributed by atoms with Crippen LogP contribution < -0.4 is 14.9 Å². The van der Waals surface area contributed by atoms with Crippen molar-refractivity contribution in [3.63, 3.8) is 0 Å². The summed E-state index contributed by atoms with van der Waals surface area (Å²) in [6.07, 6.45) is 1.31. The molecule has 0 aliphatic carbocycles. The summed E-state index contributed by atoms with van der Waals surface area (Å²) in [6.45, 7) is 0.269. The Morgan fingerprint density at radius 3 is 2.29 bits per heavy atom. The predicted molar refractivity (Wildman–Crippen MR) is 131 cm³/mol. The molecule has 0 fully saturated rings. The molecule has 0 heterocycles. The summed E-state index contributed by atoms with van der Waals surface area (Å²) in [5.41, 5.74) is 2.16. The van der Waals surface area contributed by atoms with Gasteiger partial charge in [0, 0.05) is 17.2 Å². The molecule has 0 atom stereocenters. The van der Waals surface area contributed by atoms with Crippen LogP contribution in [0.15, 0.2) is 64.2 Å². The van der Waals surface area contributed by atoms with Gasteiger partial charge >= 0.3 is 0 Å². The number of rotatable bonds is 9. The van der Waals surface area contributed by atoms with Crippen molar-refractivity contribution in [1.29, 1.82) is 0 Å². The minimum Gasteiger partial charge on any atom is -0.493 e. The average Bonchev–Trinajstić information content (AvgIpc) is 2.83. The lowest BCUT2D eigenvalue weighted by atomic mass is 10.1. The summed E-state index contributed by atoms with van der Waals surface area (Å²) in [5, 5.41) is 26.4. The van der Waals surface area contributed by atoms with E-state index in [0.29, 0.717) is 26.6 Å². The number of non-ortho nitro benzene ring substituents is 2. The minimum atomic E-state index is -0.859. The molecule has 3 rings (SSSR count). The zero-order valence-electron chi connectivity index (χ0n) is 17.9. The number of carbonyl (C=O) groups excluding carboxylic acids is 1. The first-order chi connectivity index (χ1) is 16.7. The number of carbonyl (C=O) groups is 1. The van der Waals surface area contributed by atoms with Crippen molar-refractivity contribution in [3.05, 3.63) is 101 Å². The van der Waals surface area contributed by atoms with Gasteiger partial charge in [0.25, 0.3) is 17.3 Å². The molecule has 1 N–H and O–H groups in total.